The topological polar surface area (TPSA) is 63.6 Å². The van der Waals surface area contributed by atoms with Gasteiger partial charge in [-0.3, -0.25) is 0 Å². The summed E-state index contributed by atoms with van der Waals surface area (Å²) in [6.07, 6.45) is -0.402. The lowest BCUT2D eigenvalue weighted by Crippen LogP contribution is -2.31. The molecule has 4 nitrogen and oxygen atoms in total. The predicted molar refractivity (Wildman–Crippen MR) is 42.6 cm³/mol. The predicted octanol–water partition coefficient (Wildman–Crippen LogP) is 1.05. The molecule has 0 aliphatic carbocycles. The Labute approximate surface area is 71.5 Å². The number of carbonyl (C=O) groups excluding carboxylic acids is 1. The second kappa shape index (κ2) is 3.56. The van der Waals surface area contributed by atoms with Crippen molar-refractivity contribution in [2.24, 2.45) is 5.41 Å². The first-order chi connectivity index (χ1) is 5.25. The maximum absolute atomic E-state index is 10.6. The Morgan fingerprint density at radius 1 is 1.33 bits per heavy atom. The van der Waals surface area contributed by atoms with E-state index in [1.54, 1.807) is 6.92 Å². The largest absolute Gasteiger partial charge is 0.473 e. The summed E-state index contributed by atoms with van der Waals surface area (Å²) in [4.78, 5) is 20.7. The Bertz CT molecular complexity index is 190. The van der Waals surface area contributed by atoms with Crippen LogP contribution in [-0.2, 0) is 14.3 Å². The molecule has 70 valence electrons. The van der Waals surface area contributed by atoms with Crippen LogP contribution in [0.25, 0.3) is 0 Å². The van der Waals surface area contributed by atoms with Crippen LogP contribution in [0.4, 0.5) is 0 Å². The van der Waals surface area contributed by atoms with E-state index >= 15 is 0 Å². The van der Waals surface area contributed by atoms with Crippen molar-refractivity contribution in [1.29, 1.82) is 0 Å². The number of hydrogen-bond donors (Lipinski definition) is 1. The molecular weight excluding hydrogens is 160 g/mol. The molecule has 0 saturated carbocycles. The first kappa shape index (κ1) is 10.9. The molecule has 0 bridgehead atoms. The highest BCUT2D eigenvalue weighted by Crippen LogP contribution is 2.21. The summed E-state index contributed by atoms with van der Waals surface area (Å²) >= 11 is 0. The summed E-state index contributed by atoms with van der Waals surface area (Å²) < 4.78 is 4.64. The van der Waals surface area contributed by atoms with Gasteiger partial charge in [-0.25, -0.2) is 9.59 Å². The van der Waals surface area contributed by atoms with Crippen LogP contribution in [0.2, 0.25) is 0 Å². The third kappa shape index (κ3) is 3.37. The Hall–Kier alpha value is -1.06. The van der Waals surface area contributed by atoms with Gasteiger partial charge in [0.25, 0.3) is 0 Å². The van der Waals surface area contributed by atoms with Crippen molar-refractivity contribution >= 4 is 11.9 Å². The van der Waals surface area contributed by atoms with Crippen LogP contribution in [0.3, 0.4) is 0 Å². The number of carboxylic acids is 1. The van der Waals surface area contributed by atoms with Crippen LogP contribution in [0.15, 0.2) is 0 Å². The van der Waals surface area contributed by atoms with E-state index in [0.29, 0.717) is 0 Å². The van der Waals surface area contributed by atoms with Gasteiger partial charge in [0.1, 0.15) is 6.10 Å². The summed E-state index contributed by atoms with van der Waals surface area (Å²) in [7, 11) is 0. The van der Waals surface area contributed by atoms with Gasteiger partial charge >= 0.3 is 11.9 Å². The van der Waals surface area contributed by atoms with E-state index in [1.807, 2.05) is 20.8 Å². The quantitative estimate of drug-likeness (QED) is 0.476. The van der Waals surface area contributed by atoms with Crippen molar-refractivity contribution in [2.45, 2.75) is 33.8 Å². The van der Waals surface area contributed by atoms with Crippen molar-refractivity contribution in [1.82, 2.24) is 0 Å². The van der Waals surface area contributed by atoms with Crippen molar-refractivity contribution in [3.8, 4) is 0 Å². The average molecular weight is 174 g/mol. The molecule has 0 fully saturated rings. The van der Waals surface area contributed by atoms with Crippen molar-refractivity contribution in [2.75, 3.05) is 0 Å². The molecule has 0 heterocycles. The first-order valence-corrected chi connectivity index (χ1v) is 3.69. The van der Waals surface area contributed by atoms with Gasteiger partial charge in [0.2, 0.25) is 0 Å². The van der Waals surface area contributed by atoms with Crippen LogP contribution in [0.1, 0.15) is 27.7 Å². The third-order valence-electron chi connectivity index (χ3n) is 1.68. The molecule has 0 rings (SSSR count). The van der Waals surface area contributed by atoms with Gasteiger partial charge in [-0.05, 0) is 12.3 Å². The zero-order valence-corrected chi connectivity index (χ0v) is 7.75. The van der Waals surface area contributed by atoms with E-state index in [-0.39, 0.29) is 5.41 Å². The second-order valence-electron chi connectivity index (χ2n) is 3.72. The SMILES string of the molecule is CC(OC(=O)C(=O)O)C(C)(C)C. The molecule has 0 amide bonds. The maximum Gasteiger partial charge on any atom is 0.417 e. The third-order valence-corrected chi connectivity index (χ3v) is 1.68. The average Bonchev–Trinajstić information content (AvgIpc) is 1.85. The molecule has 0 aromatic carbocycles. The number of hydrogen-bond acceptors (Lipinski definition) is 3. The van der Waals surface area contributed by atoms with Crippen LogP contribution in [-0.4, -0.2) is 23.1 Å². The smallest absolute Gasteiger partial charge is 0.417 e. The molecule has 0 radical (unpaired) electrons. The van der Waals surface area contributed by atoms with Crippen molar-refractivity contribution in [3.05, 3.63) is 0 Å². The number of aliphatic carboxylic acids is 1. The zero-order valence-electron chi connectivity index (χ0n) is 7.75. The Morgan fingerprint density at radius 3 is 2.00 bits per heavy atom. The van der Waals surface area contributed by atoms with E-state index < -0.39 is 18.0 Å². The van der Waals surface area contributed by atoms with Gasteiger partial charge in [-0.15, -0.1) is 0 Å². The van der Waals surface area contributed by atoms with Crippen LogP contribution in [0.5, 0.6) is 0 Å². The molecule has 0 aliphatic rings. The number of ether oxygens (including phenoxy) is 1. The molecule has 1 N–H and O–H groups in total. The highest BCUT2D eigenvalue weighted by Gasteiger charge is 2.26. The molecule has 4 heteroatoms. The monoisotopic (exact) mass is 174 g/mol. The van der Waals surface area contributed by atoms with Crippen LogP contribution >= 0.6 is 0 Å². The summed E-state index contributed by atoms with van der Waals surface area (Å²) in [6, 6.07) is 0. The fourth-order valence-corrected chi connectivity index (χ4v) is 0.388. The minimum atomic E-state index is -1.55. The van der Waals surface area contributed by atoms with Crippen LogP contribution < -0.4 is 0 Å². The van der Waals surface area contributed by atoms with Gasteiger partial charge in [0.15, 0.2) is 0 Å². The highest BCUT2D eigenvalue weighted by atomic mass is 16.6. The standard InChI is InChI=1S/C8H14O4/c1-5(8(2,3)4)12-7(11)6(9)10/h5H,1-4H3,(H,9,10). The van der Waals surface area contributed by atoms with E-state index in [2.05, 4.69) is 4.74 Å². The summed E-state index contributed by atoms with van der Waals surface area (Å²) in [5.74, 6) is -2.75. The van der Waals surface area contributed by atoms with E-state index in [4.69, 9.17) is 5.11 Å². The minimum Gasteiger partial charge on any atom is -0.473 e. The van der Waals surface area contributed by atoms with Gasteiger partial charge in [0.05, 0.1) is 0 Å². The lowest BCUT2D eigenvalue weighted by molar-refractivity contribution is -0.170. The van der Waals surface area contributed by atoms with Crippen LogP contribution in [0, 0.1) is 5.41 Å². The molecule has 0 aliphatic heterocycles. The fourth-order valence-electron chi connectivity index (χ4n) is 0.388. The van der Waals surface area contributed by atoms with Gasteiger partial charge in [-0.2, -0.15) is 0 Å². The molecule has 0 aromatic rings. The number of rotatable bonds is 1. The summed E-state index contributed by atoms with van der Waals surface area (Å²) in [5.41, 5.74) is -0.231. The minimum absolute atomic E-state index is 0.231. The number of esters is 1. The fraction of sp³-hybridized carbons (Fsp3) is 0.750. The first-order valence-electron chi connectivity index (χ1n) is 3.69. The Kier molecular flexibility index (Phi) is 3.24. The highest BCUT2D eigenvalue weighted by molar-refractivity contribution is 6.28. The van der Waals surface area contributed by atoms with E-state index in [0.717, 1.165) is 0 Å². The Morgan fingerprint density at radius 2 is 1.75 bits per heavy atom. The summed E-state index contributed by atoms with van der Waals surface area (Å²) in [5, 5.41) is 8.22. The van der Waals surface area contributed by atoms with E-state index in [1.165, 1.54) is 0 Å². The lowest BCUT2D eigenvalue weighted by Gasteiger charge is -2.25. The van der Waals surface area contributed by atoms with E-state index in [9.17, 15) is 9.59 Å². The van der Waals surface area contributed by atoms with Gasteiger partial charge in [0, 0.05) is 0 Å². The zero-order chi connectivity index (χ0) is 9.94. The second-order valence-corrected chi connectivity index (χ2v) is 3.72. The summed E-state index contributed by atoms with van der Waals surface area (Å²) in [6.45, 7) is 7.27. The number of carbonyl (C=O) groups is 2. The molecule has 0 saturated heterocycles. The van der Waals surface area contributed by atoms with Crippen molar-refractivity contribution in [3.63, 3.8) is 0 Å². The van der Waals surface area contributed by atoms with Crippen molar-refractivity contribution < 1.29 is 19.4 Å². The number of carboxylic acid groups (broad SMARTS) is 1. The maximum atomic E-state index is 10.6. The normalized spacial score (nSPS) is 13.7. The van der Waals surface area contributed by atoms with Gasteiger partial charge in [-0.1, -0.05) is 20.8 Å². The van der Waals surface area contributed by atoms with Gasteiger partial charge < -0.3 is 9.84 Å². The molecule has 0 aromatic heterocycles. The molecule has 0 spiro atoms. The molecular formula is C8H14O4. The molecule has 12 heavy (non-hydrogen) atoms. The Balaban J connectivity index is 4.11. The molecule has 1 unspecified atom stereocenters. The molecule has 1 atom stereocenters. The lowest BCUT2D eigenvalue weighted by atomic mass is 9.90.